The SMILES string of the molecule is CCCC[C@@H](C(=O)N[C@@H](CS)C(=O)N[C@H](C)C(=O)N[C@@H](Cc1cnc[nH]1)C(=O)N[C@H](Cc1ccccc1)C(=O)N[C@@H](CCCN=C(N)N)C(=O)N[C@@H](Cc1c[nH]c2ccccc12)C(=O)N[C@@H](CS)C(N)=O)N1C(=O)N[C@@H](C(C)C)C1=O. The second-order valence-corrected chi connectivity index (χ2v) is 20.6. The van der Waals surface area contributed by atoms with Crippen LogP contribution in [-0.4, -0.2) is 157 Å². The van der Waals surface area contributed by atoms with Gasteiger partial charge in [-0.3, -0.25) is 48.1 Å². The Hall–Kier alpha value is -8.14. The molecule has 1 aliphatic heterocycles. The lowest BCUT2D eigenvalue weighted by molar-refractivity contribution is -0.138. The number of unbranched alkanes of at least 4 members (excludes halogenated alkanes) is 1. The number of nitrogens with one attached hydrogen (secondary N) is 10. The molecule has 11 amide bonds. The van der Waals surface area contributed by atoms with Crippen molar-refractivity contribution in [2.45, 2.75) is 133 Å². The van der Waals surface area contributed by atoms with E-state index >= 15 is 0 Å². The summed E-state index contributed by atoms with van der Waals surface area (Å²) < 4.78 is 0. The van der Waals surface area contributed by atoms with E-state index in [9.17, 15) is 47.9 Å². The van der Waals surface area contributed by atoms with Gasteiger partial charge in [-0.15, -0.1) is 0 Å². The van der Waals surface area contributed by atoms with Crippen molar-refractivity contribution in [1.29, 1.82) is 0 Å². The zero-order valence-corrected chi connectivity index (χ0v) is 47.3. The molecule has 1 saturated heterocycles. The van der Waals surface area contributed by atoms with Crippen molar-refractivity contribution in [2.75, 3.05) is 18.1 Å². The Balaban J connectivity index is 1.37. The number of guanidine groups is 1. The first-order valence-corrected chi connectivity index (χ1v) is 27.8. The van der Waals surface area contributed by atoms with Crippen LogP contribution in [0.5, 0.6) is 0 Å². The van der Waals surface area contributed by atoms with E-state index in [0.29, 0.717) is 29.7 Å². The molecule has 1 fully saturated rings. The maximum absolute atomic E-state index is 14.7. The first kappa shape index (κ1) is 63.7. The highest BCUT2D eigenvalue weighted by Crippen LogP contribution is 2.22. The van der Waals surface area contributed by atoms with E-state index in [4.69, 9.17) is 17.2 Å². The lowest BCUT2D eigenvalue weighted by atomic mass is 10.0. The van der Waals surface area contributed by atoms with Crippen LogP contribution in [0, 0.1) is 5.92 Å². The number of H-pyrrole nitrogens is 2. The quantitative estimate of drug-likeness (QED) is 0.00906. The molecule has 16 N–H and O–H groups in total. The number of carbonyl (C=O) groups excluding carboxylic acids is 10. The van der Waals surface area contributed by atoms with Crippen molar-refractivity contribution in [3.8, 4) is 0 Å². The summed E-state index contributed by atoms with van der Waals surface area (Å²) in [4.78, 5) is 153. The van der Waals surface area contributed by atoms with Crippen molar-refractivity contribution in [1.82, 2.24) is 62.4 Å². The van der Waals surface area contributed by atoms with Gasteiger partial charge in [0.05, 0.1) is 6.33 Å². The monoisotopic (exact) mass is 1160 g/mol. The minimum absolute atomic E-state index is 0.0465. The summed E-state index contributed by atoms with van der Waals surface area (Å²) in [6.45, 7) is 6.78. The number of aromatic amines is 2. The Morgan fingerprint density at radius 2 is 1.22 bits per heavy atom. The smallest absolute Gasteiger partial charge is 0.325 e. The molecular weight excluding hydrogens is 1080 g/mol. The minimum Gasteiger partial charge on any atom is -0.370 e. The van der Waals surface area contributed by atoms with E-state index in [-0.39, 0.29) is 68.5 Å². The molecule has 1 aliphatic rings. The van der Waals surface area contributed by atoms with Gasteiger partial charge in [0, 0.05) is 66.3 Å². The molecule has 0 aliphatic carbocycles. The molecule has 0 radical (unpaired) electrons. The van der Waals surface area contributed by atoms with E-state index in [0.717, 1.165) is 15.8 Å². The topological polar surface area (TPSA) is 405 Å². The third-order valence-corrected chi connectivity index (χ3v) is 14.1. The predicted molar refractivity (Wildman–Crippen MR) is 308 cm³/mol. The van der Waals surface area contributed by atoms with Crippen LogP contribution in [0.1, 0.15) is 76.6 Å². The van der Waals surface area contributed by atoms with Gasteiger partial charge in [-0.2, -0.15) is 25.3 Å². The summed E-state index contributed by atoms with van der Waals surface area (Å²) in [7, 11) is 0. The Morgan fingerprint density at radius 3 is 1.81 bits per heavy atom. The van der Waals surface area contributed by atoms with Gasteiger partial charge in [0.1, 0.15) is 54.4 Å². The highest BCUT2D eigenvalue weighted by molar-refractivity contribution is 7.80. The lowest BCUT2D eigenvalue weighted by Gasteiger charge is -2.28. The van der Waals surface area contributed by atoms with E-state index < -0.39 is 114 Å². The van der Waals surface area contributed by atoms with Crippen molar-refractivity contribution < 1.29 is 47.9 Å². The number of aromatic nitrogens is 3. The fraction of sp³-hybridized carbons (Fsp3) is 0.472. The molecule has 0 spiro atoms. The van der Waals surface area contributed by atoms with Gasteiger partial charge in [-0.1, -0.05) is 82.1 Å². The summed E-state index contributed by atoms with van der Waals surface area (Å²) in [6, 6.07) is 3.72. The Morgan fingerprint density at radius 1 is 0.654 bits per heavy atom. The van der Waals surface area contributed by atoms with Gasteiger partial charge in [-0.05, 0) is 49.3 Å². The third kappa shape index (κ3) is 18.5. The summed E-state index contributed by atoms with van der Waals surface area (Å²) in [5.41, 5.74) is 19.1. The Kier molecular flexibility index (Phi) is 24.4. The Bertz CT molecular complexity index is 2870. The number of hydrogen-bond donors (Lipinski definition) is 15. The van der Waals surface area contributed by atoms with Crippen LogP contribution < -0.4 is 59.7 Å². The van der Waals surface area contributed by atoms with Crippen LogP contribution in [0.25, 0.3) is 10.9 Å². The number of fused-ring (bicyclic) bond motifs is 1. The second kappa shape index (κ2) is 31.0. The summed E-state index contributed by atoms with van der Waals surface area (Å²) in [5, 5.41) is 21.9. The number of imidazole rings is 1. The maximum atomic E-state index is 14.7. The number of aliphatic imine (C=N–C) groups is 1. The van der Waals surface area contributed by atoms with Crippen molar-refractivity contribution >= 4 is 101 Å². The van der Waals surface area contributed by atoms with Gasteiger partial charge < -0.3 is 69.7 Å². The number of carbonyl (C=O) groups is 10. The van der Waals surface area contributed by atoms with Gasteiger partial charge >= 0.3 is 6.03 Å². The molecule has 81 heavy (non-hydrogen) atoms. The van der Waals surface area contributed by atoms with Crippen LogP contribution in [-0.2, 0) is 62.4 Å². The number of primary amides is 1. The number of nitrogens with two attached hydrogens (primary N) is 3. The number of benzene rings is 2. The zero-order valence-electron chi connectivity index (χ0n) is 45.5. The van der Waals surface area contributed by atoms with E-state index in [1.807, 2.05) is 25.1 Å². The number of amides is 11. The molecule has 28 heteroatoms. The van der Waals surface area contributed by atoms with Crippen molar-refractivity contribution in [2.24, 2.45) is 28.1 Å². The number of hydrogen-bond acceptors (Lipinski definition) is 14. The highest BCUT2D eigenvalue weighted by Gasteiger charge is 2.46. The van der Waals surface area contributed by atoms with E-state index in [2.05, 4.69) is 87.7 Å². The maximum Gasteiger partial charge on any atom is 0.325 e. The first-order chi connectivity index (χ1) is 38.6. The van der Waals surface area contributed by atoms with Crippen molar-refractivity contribution in [3.63, 3.8) is 0 Å². The van der Waals surface area contributed by atoms with Gasteiger partial charge in [0.15, 0.2) is 5.96 Å². The number of rotatable bonds is 32. The van der Waals surface area contributed by atoms with Gasteiger partial charge in [0.2, 0.25) is 47.3 Å². The fourth-order valence-corrected chi connectivity index (χ4v) is 9.39. The molecule has 0 bridgehead atoms. The van der Waals surface area contributed by atoms with Crippen LogP contribution in [0.2, 0.25) is 0 Å². The largest absolute Gasteiger partial charge is 0.370 e. The average molecular weight is 1160 g/mol. The highest BCUT2D eigenvalue weighted by atomic mass is 32.1. The minimum atomic E-state index is -1.43. The Labute approximate surface area is 479 Å². The molecule has 3 heterocycles. The molecule has 2 aromatic heterocycles. The molecular formula is C53H74N16O10S2. The van der Waals surface area contributed by atoms with Crippen LogP contribution in [0.4, 0.5) is 4.79 Å². The molecule has 5 rings (SSSR count). The summed E-state index contributed by atoms with van der Waals surface area (Å²) in [6.07, 6.45) is 5.42. The number of thiol groups is 2. The summed E-state index contributed by atoms with van der Waals surface area (Å²) in [5.74, 6) is -8.01. The van der Waals surface area contributed by atoms with Crippen LogP contribution in [0.15, 0.2) is 78.3 Å². The lowest BCUT2D eigenvalue weighted by Crippen LogP contribution is -2.61. The molecule has 9 atom stereocenters. The van der Waals surface area contributed by atoms with Crippen LogP contribution >= 0.6 is 25.3 Å². The number of imide groups is 1. The first-order valence-electron chi connectivity index (χ1n) is 26.5. The fourth-order valence-electron chi connectivity index (χ4n) is 8.86. The summed E-state index contributed by atoms with van der Waals surface area (Å²) >= 11 is 8.43. The number of nitrogens with zero attached hydrogens (tertiary/aromatic N) is 3. The molecule has 0 unspecified atom stereocenters. The molecule has 2 aromatic carbocycles. The zero-order chi connectivity index (χ0) is 59.3. The van der Waals surface area contributed by atoms with Gasteiger partial charge in [0.25, 0.3) is 5.91 Å². The normalized spacial score (nSPS) is 16.1. The van der Waals surface area contributed by atoms with E-state index in [1.165, 1.54) is 19.4 Å². The predicted octanol–water partition coefficient (Wildman–Crippen LogP) is -1.13. The van der Waals surface area contributed by atoms with Crippen LogP contribution in [0.3, 0.4) is 0 Å². The molecule has 438 valence electrons. The second-order valence-electron chi connectivity index (χ2n) is 19.9. The molecule has 4 aromatic rings. The molecule has 26 nitrogen and oxygen atoms in total. The third-order valence-electron chi connectivity index (χ3n) is 13.4. The van der Waals surface area contributed by atoms with E-state index in [1.54, 1.807) is 56.4 Å². The van der Waals surface area contributed by atoms with Gasteiger partial charge in [-0.25, -0.2) is 14.7 Å². The number of urea groups is 1. The average Bonchev–Trinajstić information content (AvgIpc) is 4.31. The molecule has 0 saturated carbocycles. The van der Waals surface area contributed by atoms with Crippen molar-refractivity contribution in [3.05, 3.63) is 90.1 Å². The number of para-hydroxylation sites is 1. The standard InChI is InChI=1S/C53H74N16O10S2/c1-5-6-18-41(69-51(78)42(28(2)3)68-53(69)79)50(77)67-40(26-81)49(76)61-29(4)44(71)63-38(22-32-24-57-27-60-32)48(75)64-36(20-30-13-8-7-9-14-30)46(73)62-35(17-12-19-58-52(55)56)45(72)65-37(47(74)66-39(25-80)43(54)70)21-31-23-59-34-16-11-10-15-33(31)34/h7-11,13-16,23-24,27-29,35-42,59,80-81H,5-6,12,17-22,25-26H2,1-4H3,(H2,54,70)(H,57,60)(H,61,76)(H,62,73)(H,63,71)(H,64,75)(H,65,72)(H,66,74)(H,67,77)(H,68,79)(H4,55,56,58)/t29-,35+,36-,37+,38+,39+,40+,41+,42+/m1/s1.